The molecule has 0 bridgehead atoms. The molecule has 0 saturated heterocycles. The minimum atomic E-state index is -1.12. The van der Waals surface area contributed by atoms with Crippen molar-refractivity contribution in [2.45, 2.75) is 51.4 Å². The van der Waals surface area contributed by atoms with E-state index in [2.05, 4.69) is 26.3 Å². The molecule has 0 spiro atoms. The molecule has 0 radical (unpaired) electrons. The van der Waals surface area contributed by atoms with Crippen LogP contribution in [-0.2, 0) is 66.7 Å². The van der Waals surface area contributed by atoms with Gasteiger partial charge in [-0.1, -0.05) is 52.0 Å². The van der Waals surface area contributed by atoms with Crippen molar-refractivity contribution in [1.82, 2.24) is 0 Å². The Kier molecular flexibility index (Phi) is 23.4. The van der Waals surface area contributed by atoms with Crippen molar-refractivity contribution in [3.05, 3.63) is 50.6 Å². The molecule has 0 aromatic rings. The standard InChI is InChI=1S/C34H50O14/c1-7-27(35)43-21-33(19-41-5,22-44-28(36)8-2)25-47-31(39)17-15-13-11-12-14-16-18-32(40)48-26-34(20-42-6,23-45-29(37)9-3)24-46-30(38)10-4/h7-10H,1-4,11-26H2,5-6H3. The van der Waals surface area contributed by atoms with E-state index in [-0.39, 0.29) is 65.7 Å². The SMILES string of the molecule is C=CC(=O)OCC(COC)(COC(=O)C=C)COC(=O)CCCCCCCCC(=O)OCC(COC)(COC(=O)C=C)COC(=O)C=C. The summed E-state index contributed by atoms with van der Waals surface area (Å²) in [6.07, 6.45) is 8.56. The Labute approximate surface area is 282 Å². The van der Waals surface area contributed by atoms with Crippen LogP contribution in [0.25, 0.3) is 0 Å². The minimum absolute atomic E-state index is 0.0208. The van der Waals surface area contributed by atoms with Gasteiger partial charge in [-0.25, -0.2) is 19.2 Å². The van der Waals surface area contributed by atoms with Gasteiger partial charge in [0.05, 0.1) is 24.0 Å². The molecule has 0 aliphatic carbocycles. The molecule has 0 atom stereocenters. The highest BCUT2D eigenvalue weighted by Crippen LogP contribution is 2.23. The number of hydrogen-bond donors (Lipinski definition) is 0. The second-order valence-electron chi connectivity index (χ2n) is 11.1. The molecular formula is C34H50O14. The predicted octanol–water partition coefficient (Wildman–Crippen LogP) is 3.38. The molecule has 270 valence electrons. The number of methoxy groups -OCH3 is 2. The summed E-state index contributed by atoms with van der Waals surface area (Å²) in [5.74, 6) is -3.69. The highest BCUT2D eigenvalue weighted by molar-refractivity contribution is 5.82. The maximum Gasteiger partial charge on any atom is 0.330 e. The van der Waals surface area contributed by atoms with Gasteiger partial charge in [0.2, 0.25) is 0 Å². The topological polar surface area (TPSA) is 176 Å². The maximum atomic E-state index is 12.4. The fraction of sp³-hybridized carbons (Fsp3) is 0.588. The van der Waals surface area contributed by atoms with Crippen LogP contribution in [0, 0.1) is 10.8 Å². The zero-order valence-electron chi connectivity index (χ0n) is 28.2. The van der Waals surface area contributed by atoms with Crippen molar-refractivity contribution >= 4 is 35.8 Å². The molecule has 0 aliphatic heterocycles. The average molecular weight is 683 g/mol. The number of unbranched alkanes of at least 4 members (excludes halogenated alkanes) is 5. The smallest absolute Gasteiger partial charge is 0.330 e. The summed E-state index contributed by atoms with van der Waals surface area (Å²) in [5, 5.41) is 0. The molecule has 0 amide bonds. The normalized spacial score (nSPS) is 11.0. The third-order valence-electron chi connectivity index (χ3n) is 6.74. The summed E-state index contributed by atoms with van der Waals surface area (Å²) in [7, 11) is 2.83. The van der Waals surface area contributed by atoms with Crippen molar-refractivity contribution in [2.75, 3.05) is 67.1 Å². The monoisotopic (exact) mass is 682 g/mol. The van der Waals surface area contributed by atoms with Crippen LogP contribution >= 0.6 is 0 Å². The molecule has 0 saturated carbocycles. The number of carbonyl (C=O) groups excluding carboxylic acids is 6. The van der Waals surface area contributed by atoms with E-state index in [0.29, 0.717) is 12.8 Å². The van der Waals surface area contributed by atoms with E-state index >= 15 is 0 Å². The van der Waals surface area contributed by atoms with Gasteiger partial charge in [-0.2, -0.15) is 0 Å². The van der Waals surface area contributed by atoms with Gasteiger partial charge in [-0.15, -0.1) is 0 Å². The van der Waals surface area contributed by atoms with E-state index in [1.54, 1.807) is 0 Å². The van der Waals surface area contributed by atoms with Crippen LogP contribution in [0.3, 0.4) is 0 Å². The van der Waals surface area contributed by atoms with Crippen LogP contribution in [0.2, 0.25) is 0 Å². The van der Waals surface area contributed by atoms with E-state index in [1.165, 1.54) is 14.2 Å². The van der Waals surface area contributed by atoms with Gasteiger partial charge in [0.15, 0.2) is 0 Å². The van der Waals surface area contributed by atoms with Gasteiger partial charge >= 0.3 is 35.8 Å². The van der Waals surface area contributed by atoms with Gasteiger partial charge in [-0.05, 0) is 12.8 Å². The third kappa shape index (κ3) is 20.0. The first-order valence-electron chi connectivity index (χ1n) is 15.4. The maximum absolute atomic E-state index is 12.4. The van der Waals surface area contributed by atoms with E-state index in [4.69, 9.17) is 37.9 Å². The Morgan fingerprint density at radius 1 is 0.417 bits per heavy atom. The van der Waals surface area contributed by atoms with Crippen LogP contribution in [0.5, 0.6) is 0 Å². The van der Waals surface area contributed by atoms with Gasteiger partial charge in [0, 0.05) is 51.4 Å². The van der Waals surface area contributed by atoms with Crippen LogP contribution in [-0.4, -0.2) is 103 Å². The van der Waals surface area contributed by atoms with Crippen LogP contribution in [0.1, 0.15) is 51.4 Å². The van der Waals surface area contributed by atoms with Gasteiger partial charge in [-0.3, -0.25) is 9.59 Å². The van der Waals surface area contributed by atoms with Gasteiger partial charge in [0.25, 0.3) is 0 Å². The molecule has 14 nitrogen and oxygen atoms in total. The highest BCUT2D eigenvalue weighted by Gasteiger charge is 2.37. The Morgan fingerprint density at radius 2 is 0.667 bits per heavy atom. The van der Waals surface area contributed by atoms with Gasteiger partial charge in [0.1, 0.15) is 39.6 Å². The van der Waals surface area contributed by atoms with Crippen molar-refractivity contribution in [2.24, 2.45) is 10.8 Å². The van der Waals surface area contributed by atoms with Crippen LogP contribution < -0.4 is 0 Å². The Hall–Kier alpha value is -4.30. The lowest BCUT2D eigenvalue weighted by Gasteiger charge is -2.31. The lowest BCUT2D eigenvalue weighted by atomic mass is 9.92. The van der Waals surface area contributed by atoms with E-state index < -0.39 is 46.6 Å². The fourth-order valence-corrected chi connectivity index (χ4v) is 4.10. The number of rotatable bonds is 29. The van der Waals surface area contributed by atoms with E-state index in [0.717, 1.165) is 50.0 Å². The van der Waals surface area contributed by atoms with Crippen molar-refractivity contribution in [3.8, 4) is 0 Å². The van der Waals surface area contributed by atoms with E-state index in [1.807, 2.05) is 0 Å². The average Bonchev–Trinajstić information content (AvgIpc) is 3.09. The zero-order chi connectivity index (χ0) is 36.3. The van der Waals surface area contributed by atoms with Crippen molar-refractivity contribution in [1.29, 1.82) is 0 Å². The molecule has 0 aromatic carbocycles. The van der Waals surface area contributed by atoms with Crippen molar-refractivity contribution < 1.29 is 66.7 Å². The highest BCUT2D eigenvalue weighted by atomic mass is 16.6. The summed E-state index contributed by atoms with van der Waals surface area (Å²) in [5.41, 5.74) is -2.24. The first-order chi connectivity index (χ1) is 22.9. The molecule has 0 aromatic heterocycles. The summed E-state index contributed by atoms with van der Waals surface area (Å²) in [6, 6.07) is 0. The lowest BCUT2D eigenvalue weighted by molar-refractivity contribution is -0.165. The molecule has 48 heavy (non-hydrogen) atoms. The third-order valence-corrected chi connectivity index (χ3v) is 6.74. The second-order valence-corrected chi connectivity index (χ2v) is 11.1. The Morgan fingerprint density at radius 3 is 0.917 bits per heavy atom. The molecule has 0 rings (SSSR count). The minimum Gasteiger partial charge on any atom is -0.465 e. The summed E-state index contributed by atoms with van der Waals surface area (Å²) < 4.78 is 41.8. The first kappa shape index (κ1) is 43.7. The van der Waals surface area contributed by atoms with Crippen molar-refractivity contribution in [3.63, 3.8) is 0 Å². The van der Waals surface area contributed by atoms with E-state index in [9.17, 15) is 28.8 Å². The number of ether oxygens (including phenoxy) is 8. The lowest BCUT2D eigenvalue weighted by Crippen LogP contribution is -2.43. The van der Waals surface area contributed by atoms with Crippen LogP contribution in [0.15, 0.2) is 50.6 Å². The summed E-state index contributed by atoms with van der Waals surface area (Å²) in [4.78, 5) is 71.3. The number of esters is 6. The molecule has 0 N–H and O–H groups in total. The largest absolute Gasteiger partial charge is 0.465 e. The summed E-state index contributed by atoms with van der Waals surface area (Å²) >= 11 is 0. The first-order valence-corrected chi connectivity index (χ1v) is 15.4. The number of carbonyl (C=O) groups is 6. The second kappa shape index (κ2) is 25.7. The summed E-state index contributed by atoms with van der Waals surface area (Å²) in [6.45, 7) is 12.0. The predicted molar refractivity (Wildman–Crippen MR) is 172 cm³/mol. The Balaban J connectivity index is 4.63. The zero-order valence-corrected chi connectivity index (χ0v) is 28.2. The molecular weight excluding hydrogens is 632 g/mol. The Bertz CT molecular complexity index is 948. The molecule has 0 heterocycles. The fourth-order valence-electron chi connectivity index (χ4n) is 4.10. The quantitative estimate of drug-likeness (QED) is 0.0486. The molecule has 0 unspecified atom stereocenters. The molecule has 14 heteroatoms. The number of hydrogen-bond acceptors (Lipinski definition) is 14. The van der Waals surface area contributed by atoms with Gasteiger partial charge < -0.3 is 37.9 Å². The molecule has 0 aliphatic rings. The van der Waals surface area contributed by atoms with Crippen LogP contribution in [0.4, 0.5) is 0 Å². The molecule has 0 fully saturated rings.